The Morgan fingerprint density at radius 2 is 1.95 bits per heavy atom. The first-order valence-corrected chi connectivity index (χ1v) is 15.7. The van der Waals surface area contributed by atoms with E-state index < -0.39 is 35.8 Å². The SMILES string of the molecule is C=C[C@]1(C)C[C@@H](OC(=O)CSC2CCCC(NCC(F)(F)F)C2)[C@]2(C)[C@H](C)CCC3(CCC(=O)[C@H]32)[C@@H](C)[C@@H]1O. The number of Topliss-reactive ketones (excluding diaryl/α,β-unsaturated/α-hetero) is 1. The summed E-state index contributed by atoms with van der Waals surface area (Å²) in [5, 5.41) is 14.3. The Morgan fingerprint density at radius 3 is 2.62 bits per heavy atom. The molecule has 0 amide bonds. The van der Waals surface area contributed by atoms with E-state index in [1.165, 1.54) is 11.8 Å². The molecule has 5 nitrogen and oxygen atoms in total. The molecule has 4 rings (SSSR count). The molecule has 3 unspecified atom stereocenters. The highest BCUT2D eigenvalue weighted by Gasteiger charge is 2.68. The summed E-state index contributed by atoms with van der Waals surface area (Å²) in [5.41, 5.74) is -1.55. The second-order valence-corrected chi connectivity index (χ2v) is 14.6. The van der Waals surface area contributed by atoms with Gasteiger partial charge in [0.1, 0.15) is 11.9 Å². The van der Waals surface area contributed by atoms with Crippen molar-refractivity contribution in [2.75, 3.05) is 12.3 Å². The monoisotopic (exact) mass is 573 g/mol. The van der Waals surface area contributed by atoms with Crippen LogP contribution in [-0.4, -0.2) is 58.8 Å². The third kappa shape index (κ3) is 5.83. The molecular formula is C30H46F3NO4S. The summed E-state index contributed by atoms with van der Waals surface area (Å²) >= 11 is 1.46. The van der Waals surface area contributed by atoms with Gasteiger partial charge in [-0.05, 0) is 62.2 Å². The fraction of sp³-hybridized carbons (Fsp3) is 0.867. The normalized spacial score (nSPS) is 44.7. The summed E-state index contributed by atoms with van der Waals surface area (Å²) in [6.45, 7) is 11.4. The standard InChI is InChI=1S/C30H46F3NO4S/c1-6-27(4)15-23(38-24(36)16-39-21-9-7-8-20(14-21)34-17-30(31,32)33)28(5)18(2)10-12-29(19(3)26(27)37)13-11-22(35)25(28)29/h6,18-21,23,25-26,34,37H,1,7-17H2,2-5H3/t18-,19+,20?,21?,23-,25+,26+,27-,28+,29?/m1/s1. The molecule has 0 aromatic rings. The van der Waals surface area contributed by atoms with E-state index in [-0.39, 0.29) is 52.0 Å². The highest BCUT2D eigenvalue weighted by molar-refractivity contribution is 8.00. The minimum absolute atomic E-state index is 0.0822. The molecule has 2 bridgehead atoms. The number of alkyl halides is 3. The minimum atomic E-state index is -4.24. The fourth-order valence-corrected chi connectivity index (χ4v) is 9.76. The average molecular weight is 574 g/mol. The Balaban J connectivity index is 1.51. The summed E-state index contributed by atoms with van der Waals surface area (Å²) in [6.07, 6.45) is 2.71. The number of halogens is 3. The Labute approximate surface area is 235 Å². The van der Waals surface area contributed by atoms with Gasteiger partial charge in [-0.2, -0.15) is 13.2 Å². The summed E-state index contributed by atoms with van der Waals surface area (Å²) in [7, 11) is 0. The second kappa shape index (κ2) is 11.3. The maximum Gasteiger partial charge on any atom is 0.401 e. The number of thioether (sulfide) groups is 1. The van der Waals surface area contributed by atoms with Crippen molar-refractivity contribution in [3.05, 3.63) is 12.7 Å². The van der Waals surface area contributed by atoms with Gasteiger partial charge in [0, 0.05) is 34.5 Å². The number of hydrogen-bond acceptors (Lipinski definition) is 6. The van der Waals surface area contributed by atoms with Crippen LogP contribution in [0.2, 0.25) is 0 Å². The topological polar surface area (TPSA) is 75.6 Å². The molecule has 4 aliphatic rings. The maximum atomic E-state index is 13.5. The Morgan fingerprint density at radius 1 is 1.23 bits per heavy atom. The van der Waals surface area contributed by atoms with Crippen LogP contribution in [0.1, 0.15) is 85.5 Å². The number of aliphatic hydroxyl groups is 1. The van der Waals surface area contributed by atoms with Crippen molar-refractivity contribution in [3.63, 3.8) is 0 Å². The van der Waals surface area contributed by atoms with Crippen molar-refractivity contribution in [1.29, 1.82) is 0 Å². The Bertz CT molecular complexity index is 946. The van der Waals surface area contributed by atoms with Crippen molar-refractivity contribution in [2.24, 2.45) is 34.0 Å². The van der Waals surface area contributed by atoms with Gasteiger partial charge in [-0.15, -0.1) is 18.3 Å². The number of hydrogen-bond donors (Lipinski definition) is 2. The summed E-state index contributed by atoms with van der Waals surface area (Å²) in [6, 6.07) is -0.209. The lowest BCUT2D eigenvalue weighted by Crippen LogP contribution is -2.63. The van der Waals surface area contributed by atoms with Gasteiger partial charge in [0.15, 0.2) is 0 Å². The molecule has 4 aliphatic carbocycles. The van der Waals surface area contributed by atoms with E-state index in [2.05, 4.69) is 32.7 Å². The van der Waals surface area contributed by atoms with E-state index in [0.717, 1.165) is 32.1 Å². The molecule has 0 aromatic carbocycles. The quantitative estimate of drug-likeness (QED) is 0.284. The van der Waals surface area contributed by atoms with E-state index in [1.807, 2.05) is 6.92 Å². The lowest BCUT2D eigenvalue weighted by molar-refractivity contribution is -0.205. The van der Waals surface area contributed by atoms with Crippen molar-refractivity contribution < 1.29 is 32.6 Å². The second-order valence-electron chi connectivity index (χ2n) is 13.4. The zero-order chi connectivity index (χ0) is 28.8. The molecule has 4 saturated carbocycles. The van der Waals surface area contributed by atoms with Gasteiger partial charge in [0.05, 0.1) is 18.4 Å². The molecule has 9 heteroatoms. The van der Waals surface area contributed by atoms with E-state index >= 15 is 0 Å². The highest BCUT2D eigenvalue weighted by Crippen LogP contribution is 2.68. The molecule has 39 heavy (non-hydrogen) atoms. The largest absolute Gasteiger partial charge is 0.461 e. The average Bonchev–Trinajstić information content (AvgIpc) is 3.24. The summed E-state index contributed by atoms with van der Waals surface area (Å²) < 4.78 is 44.2. The molecule has 0 spiro atoms. The molecule has 4 fully saturated rings. The first-order valence-electron chi connectivity index (χ1n) is 14.6. The van der Waals surface area contributed by atoms with Gasteiger partial charge in [-0.1, -0.05) is 40.2 Å². The first kappa shape index (κ1) is 30.9. The number of rotatable bonds is 7. The van der Waals surface area contributed by atoms with E-state index in [1.54, 1.807) is 6.08 Å². The lowest BCUT2D eigenvalue weighted by atomic mass is 9.44. The van der Waals surface area contributed by atoms with Crippen LogP contribution in [0.3, 0.4) is 0 Å². The summed E-state index contributed by atoms with van der Waals surface area (Å²) in [5.74, 6) is -0.206. The third-order valence-electron chi connectivity index (χ3n) is 11.2. The van der Waals surface area contributed by atoms with Crippen LogP contribution < -0.4 is 5.32 Å². The van der Waals surface area contributed by atoms with Gasteiger partial charge in [0.2, 0.25) is 0 Å². The molecule has 0 aliphatic heterocycles. The van der Waals surface area contributed by atoms with Gasteiger partial charge in [-0.25, -0.2) is 0 Å². The van der Waals surface area contributed by atoms with E-state index in [9.17, 15) is 27.9 Å². The summed E-state index contributed by atoms with van der Waals surface area (Å²) in [4.78, 5) is 26.8. The van der Waals surface area contributed by atoms with Crippen molar-refractivity contribution in [1.82, 2.24) is 5.32 Å². The highest BCUT2D eigenvalue weighted by atomic mass is 32.2. The molecule has 0 heterocycles. The number of nitrogens with one attached hydrogen (secondary N) is 1. The molecular weight excluding hydrogens is 527 g/mol. The van der Waals surface area contributed by atoms with Crippen LogP contribution in [0.5, 0.6) is 0 Å². The van der Waals surface area contributed by atoms with Gasteiger partial charge >= 0.3 is 12.1 Å². The van der Waals surface area contributed by atoms with Crippen molar-refractivity contribution in [3.8, 4) is 0 Å². The molecule has 0 saturated heterocycles. The first-order chi connectivity index (χ1) is 18.2. The van der Waals surface area contributed by atoms with Gasteiger partial charge in [-0.3, -0.25) is 9.59 Å². The predicted molar refractivity (Wildman–Crippen MR) is 147 cm³/mol. The number of ether oxygens (including phenoxy) is 1. The number of carbonyl (C=O) groups is 2. The fourth-order valence-electron chi connectivity index (χ4n) is 8.62. The van der Waals surface area contributed by atoms with E-state index in [0.29, 0.717) is 25.7 Å². The number of carbonyl (C=O) groups excluding carboxylic acids is 2. The third-order valence-corrected chi connectivity index (χ3v) is 12.5. The Hall–Kier alpha value is -1.06. The number of aliphatic hydroxyl groups excluding tert-OH is 1. The predicted octanol–water partition coefficient (Wildman–Crippen LogP) is 6.09. The van der Waals surface area contributed by atoms with Crippen LogP contribution >= 0.6 is 11.8 Å². The number of ketones is 1. The zero-order valence-electron chi connectivity index (χ0n) is 23.8. The van der Waals surface area contributed by atoms with Crippen molar-refractivity contribution >= 4 is 23.5 Å². The van der Waals surface area contributed by atoms with Gasteiger partial charge < -0.3 is 15.2 Å². The smallest absolute Gasteiger partial charge is 0.401 e. The van der Waals surface area contributed by atoms with Crippen LogP contribution in [-0.2, 0) is 14.3 Å². The van der Waals surface area contributed by atoms with Gasteiger partial charge in [0.25, 0.3) is 0 Å². The Kier molecular flexibility index (Phi) is 8.96. The molecule has 10 atom stereocenters. The van der Waals surface area contributed by atoms with E-state index in [4.69, 9.17) is 4.74 Å². The molecule has 0 aromatic heterocycles. The van der Waals surface area contributed by atoms with Crippen molar-refractivity contribution in [2.45, 2.75) is 115 Å². The zero-order valence-corrected chi connectivity index (χ0v) is 24.6. The number of esters is 1. The maximum absolute atomic E-state index is 13.5. The van der Waals surface area contributed by atoms with Crippen LogP contribution in [0, 0.1) is 34.0 Å². The van der Waals surface area contributed by atoms with Crippen LogP contribution in [0.25, 0.3) is 0 Å². The molecule has 0 radical (unpaired) electrons. The lowest BCUT2D eigenvalue weighted by Gasteiger charge is -2.61. The molecule has 222 valence electrons. The van der Waals surface area contributed by atoms with Crippen LogP contribution in [0.15, 0.2) is 12.7 Å². The molecule has 2 N–H and O–H groups in total. The van der Waals surface area contributed by atoms with Crippen LogP contribution in [0.4, 0.5) is 13.2 Å². The minimum Gasteiger partial charge on any atom is -0.461 e.